The predicted molar refractivity (Wildman–Crippen MR) is 99.5 cm³/mol. The van der Waals surface area contributed by atoms with Crippen molar-refractivity contribution in [2.75, 3.05) is 13.1 Å². The Hall–Kier alpha value is -2.07. The van der Waals surface area contributed by atoms with Crippen LogP contribution in [0, 0.1) is 12.8 Å². The zero-order valence-electron chi connectivity index (χ0n) is 15.4. The SMILES string of the molecule is Cc1ccccc1[C@@H](NC1CCN(C(=O)c2ccoc2)CC1)C(C)C. The fourth-order valence-electron chi connectivity index (χ4n) is 3.65. The molecule has 1 atom stereocenters. The third-order valence-electron chi connectivity index (χ3n) is 5.16. The predicted octanol–water partition coefficient (Wildman–Crippen LogP) is 4.18. The number of benzene rings is 1. The molecular formula is C21H28N2O2. The summed E-state index contributed by atoms with van der Waals surface area (Å²) in [6.07, 6.45) is 5.05. The smallest absolute Gasteiger partial charge is 0.257 e. The summed E-state index contributed by atoms with van der Waals surface area (Å²) in [5.74, 6) is 0.596. The molecule has 1 aromatic heterocycles. The average molecular weight is 340 g/mol. The lowest BCUT2D eigenvalue weighted by Crippen LogP contribution is -2.46. The molecule has 3 rings (SSSR count). The van der Waals surface area contributed by atoms with Crippen molar-refractivity contribution in [2.24, 2.45) is 5.92 Å². The zero-order chi connectivity index (χ0) is 17.8. The molecule has 2 heterocycles. The number of furan rings is 1. The van der Waals surface area contributed by atoms with Crippen molar-refractivity contribution in [3.05, 3.63) is 59.5 Å². The number of piperidine rings is 1. The number of amides is 1. The average Bonchev–Trinajstić information content (AvgIpc) is 3.15. The van der Waals surface area contributed by atoms with Crippen LogP contribution in [0.25, 0.3) is 0 Å². The van der Waals surface area contributed by atoms with Gasteiger partial charge in [0, 0.05) is 25.2 Å². The van der Waals surface area contributed by atoms with Crippen LogP contribution in [-0.2, 0) is 0 Å². The van der Waals surface area contributed by atoms with E-state index in [1.165, 1.54) is 17.4 Å². The number of carbonyl (C=O) groups excluding carboxylic acids is 1. The van der Waals surface area contributed by atoms with Gasteiger partial charge in [-0.25, -0.2) is 0 Å². The minimum absolute atomic E-state index is 0.0755. The summed E-state index contributed by atoms with van der Waals surface area (Å²) >= 11 is 0. The van der Waals surface area contributed by atoms with Crippen molar-refractivity contribution in [3.63, 3.8) is 0 Å². The van der Waals surface area contributed by atoms with E-state index in [0.717, 1.165) is 25.9 Å². The molecule has 1 aromatic carbocycles. The highest BCUT2D eigenvalue weighted by Gasteiger charge is 2.27. The molecule has 25 heavy (non-hydrogen) atoms. The number of nitrogens with zero attached hydrogens (tertiary/aromatic N) is 1. The maximum Gasteiger partial charge on any atom is 0.257 e. The van der Waals surface area contributed by atoms with Gasteiger partial charge in [-0.2, -0.15) is 0 Å². The van der Waals surface area contributed by atoms with Crippen LogP contribution in [-0.4, -0.2) is 29.9 Å². The van der Waals surface area contributed by atoms with E-state index in [9.17, 15) is 4.79 Å². The summed E-state index contributed by atoms with van der Waals surface area (Å²) in [6, 6.07) is 11.1. The van der Waals surface area contributed by atoms with E-state index in [4.69, 9.17) is 4.42 Å². The molecule has 0 unspecified atom stereocenters. The summed E-state index contributed by atoms with van der Waals surface area (Å²) in [7, 11) is 0. The first-order valence-electron chi connectivity index (χ1n) is 9.19. The van der Waals surface area contributed by atoms with E-state index in [1.54, 1.807) is 12.3 Å². The van der Waals surface area contributed by atoms with E-state index in [-0.39, 0.29) is 5.91 Å². The highest BCUT2D eigenvalue weighted by molar-refractivity contribution is 5.93. The van der Waals surface area contributed by atoms with Gasteiger partial charge in [0.1, 0.15) is 6.26 Å². The normalized spacial score (nSPS) is 17.0. The topological polar surface area (TPSA) is 45.5 Å². The molecule has 4 nitrogen and oxygen atoms in total. The van der Waals surface area contributed by atoms with Crippen LogP contribution in [0.3, 0.4) is 0 Å². The van der Waals surface area contributed by atoms with E-state index >= 15 is 0 Å². The Labute approximate surface area is 150 Å². The number of likely N-dealkylation sites (tertiary alicyclic amines) is 1. The summed E-state index contributed by atoms with van der Waals surface area (Å²) < 4.78 is 5.03. The Morgan fingerprint density at radius 3 is 2.52 bits per heavy atom. The molecule has 1 aliphatic heterocycles. The third-order valence-corrected chi connectivity index (χ3v) is 5.16. The summed E-state index contributed by atoms with van der Waals surface area (Å²) in [4.78, 5) is 14.3. The highest BCUT2D eigenvalue weighted by atomic mass is 16.3. The van der Waals surface area contributed by atoms with E-state index in [0.29, 0.717) is 23.6 Å². The molecule has 1 saturated heterocycles. The van der Waals surface area contributed by atoms with Crippen LogP contribution in [0.15, 0.2) is 47.3 Å². The number of hydrogen-bond donors (Lipinski definition) is 1. The lowest BCUT2D eigenvalue weighted by Gasteiger charge is -2.36. The second-order valence-electron chi connectivity index (χ2n) is 7.32. The molecule has 0 spiro atoms. The van der Waals surface area contributed by atoms with Gasteiger partial charge in [0.15, 0.2) is 0 Å². The quantitative estimate of drug-likeness (QED) is 0.888. The standard InChI is InChI=1S/C21H28N2O2/c1-15(2)20(19-7-5-4-6-16(19)3)22-18-8-11-23(12-9-18)21(24)17-10-13-25-14-17/h4-7,10,13-15,18,20,22H,8-9,11-12H2,1-3H3/t20-/m0/s1. The Kier molecular flexibility index (Phi) is 5.59. The lowest BCUT2D eigenvalue weighted by molar-refractivity contribution is 0.0698. The first kappa shape index (κ1) is 17.7. The Morgan fingerprint density at radius 2 is 1.92 bits per heavy atom. The highest BCUT2D eigenvalue weighted by Crippen LogP contribution is 2.27. The molecular weight excluding hydrogens is 312 g/mol. The number of aryl methyl sites for hydroxylation is 1. The second kappa shape index (κ2) is 7.87. The molecule has 0 aliphatic carbocycles. The Morgan fingerprint density at radius 1 is 1.20 bits per heavy atom. The Balaban J connectivity index is 1.60. The van der Waals surface area contributed by atoms with Crippen molar-refractivity contribution in [1.82, 2.24) is 10.2 Å². The summed E-state index contributed by atoms with van der Waals surface area (Å²) in [5.41, 5.74) is 3.36. The van der Waals surface area contributed by atoms with E-state index in [1.807, 2.05) is 4.90 Å². The van der Waals surface area contributed by atoms with Gasteiger partial charge in [0.25, 0.3) is 5.91 Å². The first-order valence-corrected chi connectivity index (χ1v) is 9.19. The molecule has 0 saturated carbocycles. The fourth-order valence-corrected chi connectivity index (χ4v) is 3.65. The first-order chi connectivity index (χ1) is 12.1. The minimum atomic E-state index is 0.0755. The van der Waals surface area contributed by atoms with Gasteiger partial charge in [0.05, 0.1) is 11.8 Å². The molecule has 1 N–H and O–H groups in total. The monoisotopic (exact) mass is 340 g/mol. The van der Waals surface area contributed by atoms with Crippen LogP contribution in [0.4, 0.5) is 0 Å². The number of nitrogens with one attached hydrogen (secondary N) is 1. The molecule has 4 heteroatoms. The lowest BCUT2D eigenvalue weighted by atomic mass is 9.91. The van der Waals surface area contributed by atoms with Gasteiger partial charge < -0.3 is 14.6 Å². The maximum atomic E-state index is 12.4. The zero-order valence-corrected chi connectivity index (χ0v) is 15.4. The maximum absolute atomic E-state index is 12.4. The van der Waals surface area contributed by atoms with Gasteiger partial charge in [-0.15, -0.1) is 0 Å². The molecule has 0 bridgehead atoms. The van der Waals surface area contributed by atoms with Crippen molar-refractivity contribution in [3.8, 4) is 0 Å². The van der Waals surface area contributed by atoms with Gasteiger partial charge in [-0.3, -0.25) is 4.79 Å². The molecule has 0 radical (unpaired) electrons. The fraction of sp³-hybridized carbons (Fsp3) is 0.476. The number of hydrogen-bond acceptors (Lipinski definition) is 3. The molecule has 1 amide bonds. The molecule has 1 fully saturated rings. The largest absolute Gasteiger partial charge is 0.472 e. The minimum Gasteiger partial charge on any atom is -0.472 e. The number of carbonyl (C=O) groups is 1. The van der Waals surface area contributed by atoms with Crippen LogP contribution >= 0.6 is 0 Å². The van der Waals surface area contributed by atoms with Crippen molar-refractivity contribution in [2.45, 2.75) is 45.7 Å². The van der Waals surface area contributed by atoms with Crippen LogP contribution in [0.1, 0.15) is 54.2 Å². The Bertz CT molecular complexity index is 686. The molecule has 134 valence electrons. The molecule has 1 aliphatic rings. The van der Waals surface area contributed by atoms with Crippen LogP contribution in [0.2, 0.25) is 0 Å². The summed E-state index contributed by atoms with van der Waals surface area (Å²) in [5, 5.41) is 3.85. The van der Waals surface area contributed by atoms with Crippen molar-refractivity contribution >= 4 is 5.91 Å². The second-order valence-corrected chi connectivity index (χ2v) is 7.32. The summed E-state index contributed by atoms with van der Waals surface area (Å²) in [6.45, 7) is 8.29. The van der Waals surface area contributed by atoms with Crippen LogP contribution < -0.4 is 5.32 Å². The van der Waals surface area contributed by atoms with Crippen molar-refractivity contribution in [1.29, 1.82) is 0 Å². The van der Waals surface area contributed by atoms with E-state index in [2.05, 4.69) is 50.4 Å². The number of rotatable bonds is 5. The van der Waals surface area contributed by atoms with Crippen LogP contribution in [0.5, 0.6) is 0 Å². The van der Waals surface area contributed by atoms with Gasteiger partial charge in [0.2, 0.25) is 0 Å². The van der Waals surface area contributed by atoms with Gasteiger partial charge in [-0.1, -0.05) is 38.1 Å². The molecule has 2 aromatic rings. The third kappa shape index (κ3) is 4.13. The van der Waals surface area contributed by atoms with Gasteiger partial charge >= 0.3 is 0 Å². The van der Waals surface area contributed by atoms with Gasteiger partial charge in [-0.05, 0) is 42.9 Å². The van der Waals surface area contributed by atoms with Crippen molar-refractivity contribution < 1.29 is 9.21 Å². The van der Waals surface area contributed by atoms with E-state index < -0.39 is 0 Å².